The van der Waals surface area contributed by atoms with E-state index in [1.165, 1.54) is 0 Å². The van der Waals surface area contributed by atoms with Gasteiger partial charge in [-0.05, 0) is 37.8 Å². The summed E-state index contributed by atoms with van der Waals surface area (Å²) in [6.45, 7) is 1.33. The van der Waals surface area contributed by atoms with Crippen LogP contribution in [0.2, 0.25) is 5.02 Å². The third kappa shape index (κ3) is 3.32. The van der Waals surface area contributed by atoms with Gasteiger partial charge in [-0.15, -0.1) is 0 Å². The fourth-order valence-corrected chi connectivity index (χ4v) is 2.84. The highest BCUT2D eigenvalue weighted by molar-refractivity contribution is 6.30. The van der Waals surface area contributed by atoms with Gasteiger partial charge >= 0.3 is 0 Å². The molecule has 21 heavy (non-hydrogen) atoms. The molecule has 1 atom stereocenters. The fraction of sp³-hybridized carbons (Fsp3) is 0.438. The summed E-state index contributed by atoms with van der Waals surface area (Å²) in [5.74, 6) is 0.710. The predicted octanol–water partition coefficient (Wildman–Crippen LogP) is 3.36. The Morgan fingerprint density at radius 2 is 2.19 bits per heavy atom. The van der Waals surface area contributed by atoms with Gasteiger partial charge in [0.1, 0.15) is 5.75 Å². The number of carbonyl (C=O) groups excluding carboxylic acids is 1. The third-order valence-corrected chi connectivity index (χ3v) is 4.01. The summed E-state index contributed by atoms with van der Waals surface area (Å²) in [6.07, 6.45) is 4.98. The number of hydrogen-bond donors (Lipinski definition) is 1. The maximum Gasteiger partial charge on any atom is 0.250 e. The first-order valence-corrected chi connectivity index (χ1v) is 7.65. The molecule has 2 aliphatic rings. The lowest BCUT2D eigenvalue weighted by molar-refractivity contribution is -0.118. The van der Waals surface area contributed by atoms with Gasteiger partial charge in [-0.25, -0.2) is 0 Å². The first kappa shape index (κ1) is 14.3. The maximum absolute atomic E-state index is 12.3. The molecule has 0 fully saturated rings. The minimum absolute atomic E-state index is 0.0462. The Morgan fingerprint density at radius 3 is 3.00 bits per heavy atom. The summed E-state index contributed by atoms with van der Waals surface area (Å²) in [7, 11) is 0. The van der Waals surface area contributed by atoms with Crippen LogP contribution in [0.15, 0.2) is 30.0 Å². The summed E-state index contributed by atoms with van der Waals surface area (Å²) in [6, 6.07) is 5.52. The second-order valence-corrected chi connectivity index (χ2v) is 5.75. The molecule has 0 unspecified atom stereocenters. The lowest BCUT2D eigenvalue weighted by atomic mass is 10.0. The number of nitrogens with one attached hydrogen (secondary N) is 1. The Kier molecular flexibility index (Phi) is 4.34. The third-order valence-electron chi connectivity index (χ3n) is 3.78. The number of carbonyl (C=O) groups is 1. The van der Waals surface area contributed by atoms with Gasteiger partial charge in [-0.3, -0.25) is 4.79 Å². The van der Waals surface area contributed by atoms with Crippen LogP contribution in [-0.2, 0) is 9.53 Å². The highest BCUT2D eigenvalue weighted by Crippen LogP contribution is 2.33. The van der Waals surface area contributed by atoms with Crippen molar-refractivity contribution in [2.24, 2.45) is 0 Å². The molecule has 3 rings (SSSR count). The molecule has 0 aromatic heterocycles. The molecule has 2 aliphatic heterocycles. The Bertz CT molecular complexity index is 571. The average Bonchev–Trinajstić information content (AvgIpc) is 2.70. The normalized spacial score (nSPS) is 21.2. The Morgan fingerprint density at radius 1 is 1.29 bits per heavy atom. The Hall–Kier alpha value is -1.68. The molecule has 0 spiro atoms. The van der Waals surface area contributed by atoms with E-state index >= 15 is 0 Å². The molecular weight excluding hydrogens is 290 g/mol. The zero-order valence-electron chi connectivity index (χ0n) is 11.7. The molecular formula is C16H18ClNO3. The number of hydrogen-bond acceptors (Lipinski definition) is 3. The van der Waals surface area contributed by atoms with Gasteiger partial charge in [0.15, 0.2) is 0 Å². The highest BCUT2D eigenvalue weighted by atomic mass is 35.5. The van der Waals surface area contributed by atoms with Crippen LogP contribution in [0.3, 0.4) is 0 Å². The SMILES string of the molecule is O=C(N[C@@H]1CCCOc2cc(Cl)ccc21)C1=COCCC1. The second-order valence-electron chi connectivity index (χ2n) is 5.32. The van der Waals surface area contributed by atoms with Crippen molar-refractivity contribution in [3.63, 3.8) is 0 Å². The van der Waals surface area contributed by atoms with E-state index in [1.807, 2.05) is 18.2 Å². The van der Waals surface area contributed by atoms with Crippen molar-refractivity contribution < 1.29 is 14.3 Å². The molecule has 112 valence electrons. The van der Waals surface area contributed by atoms with Crippen LogP contribution in [0, 0.1) is 0 Å². The summed E-state index contributed by atoms with van der Waals surface area (Å²) in [5, 5.41) is 3.74. The topological polar surface area (TPSA) is 47.6 Å². The predicted molar refractivity (Wildman–Crippen MR) is 80.3 cm³/mol. The van der Waals surface area contributed by atoms with E-state index in [4.69, 9.17) is 21.1 Å². The van der Waals surface area contributed by atoms with Crippen LogP contribution in [0.25, 0.3) is 0 Å². The van der Waals surface area contributed by atoms with Crippen molar-refractivity contribution in [1.29, 1.82) is 0 Å². The van der Waals surface area contributed by atoms with Crippen molar-refractivity contribution in [2.45, 2.75) is 31.7 Å². The first-order chi connectivity index (χ1) is 10.2. The van der Waals surface area contributed by atoms with Gasteiger partial charge in [0.2, 0.25) is 0 Å². The van der Waals surface area contributed by atoms with Gasteiger partial charge < -0.3 is 14.8 Å². The van der Waals surface area contributed by atoms with Crippen molar-refractivity contribution >= 4 is 17.5 Å². The van der Waals surface area contributed by atoms with E-state index in [9.17, 15) is 4.79 Å². The average molecular weight is 308 g/mol. The van der Waals surface area contributed by atoms with Crippen LogP contribution >= 0.6 is 11.6 Å². The van der Waals surface area contributed by atoms with Gasteiger partial charge in [-0.1, -0.05) is 17.7 Å². The van der Waals surface area contributed by atoms with Crippen LogP contribution in [0.4, 0.5) is 0 Å². The highest BCUT2D eigenvalue weighted by Gasteiger charge is 2.23. The van der Waals surface area contributed by atoms with Crippen LogP contribution in [0.5, 0.6) is 5.75 Å². The molecule has 1 amide bonds. The van der Waals surface area contributed by atoms with Gasteiger partial charge in [0.25, 0.3) is 5.91 Å². The largest absolute Gasteiger partial charge is 0.501 e. The quantitative estimate of drug-likeness (QED) is 0.911. The standard InChI is InChI=1S/C16H18ClNO3/c17-12-5-6-13-14(4-2-8-21-15(13)9-12)18-16(19)11-3-1-7-20-10-11/h5-6,9-10,14H,1-4,7-8H2,(H,18,19)/t14-/m1/s1. The zero-order chi connectivity index (χ0) is 14.7. The first-order valence-electron chi connectivity index (χ1n) is 7.28. The van der Waals surface area contributed by atoms with E-state index < -0.39 is 0 Å². The van der Waals surface area contributed by atoms with Gasteiger partial charge in [0, 0.05) is 10.6 Å². The minimum Gasteiger partial charge on any atom is -0.501 e. The van der Waals surface area contributed by atoms with Crippen LogP contribution in [-0.4, -0.2) is 19.1 Å². The molecule has 0 bridgehead atoms. The summed E-state index contributed by atoms with van der Waals surface area (Å²) in [5.41, 5.74) is 1.70. The Balaban J connectivity index is 1.79. The molecule has 1 aromatic carbocycles. The van der Waals surface area contributed by atoms with Crippen molar-refractivity contribution in [3.8, 4) is 5.75 Å². The van der Waals surface area contributed by atoms with Crippen LogP contribution < -0.4 is 10.1 Å². The summed E-state index contributed by atoms with van der Waals surface area (Å²) >= 11 is 6.01. The molecule has 4 nitrogen and oxygen atoms in total. The van der Waals surface area contributed by atoms with Crippen LogP contribution in [0.1, 0.15) is 37.3 Å². The van der Waals surface area contributed by atoms with Crippen molar-refractivity contribution in [2.75, 3.05) is 13.2 Å². The number of amides is 1. The Labute approximate surface area is 129 Å². The maximum atomic E-state index is 12.3. The lowest BCUT2D eigenvalue weighted by Gasteiger charge is -2.20. The van der Waals surface area contributed by atoms with E-state index in [2.05, 4.69) is 5.32 Å². The summed E-state index contributed by atoms with van der Waals surface area (Å²) < 4.78 is 10.9. The van der Waals surface area contributed by atoms with E-state index in [0.29, 0.717) is 23.8 Å². The summed E-state index contributed by atoms with van der Waals surface area (Å²) in [4.78, 5) is 12.3. The number of fused-ring (bicyclic) bond motifs is 1. The van der Waals surface area contributed by atoms with Crippen molar-refractivity contribution in [3.05, 3.63) is 40.6 Å². The molecule has 0 saturated carbocycles. The second kappa shape index (κ2) is 6.39. The number of halogens is 1. The van der Waals surface area contributed by atoms with E-state index in [1.54, 1.807) is 6.26 Å². The molecule has 1 N–H and O–H groups in total. The van der Waals surface area contributed by atoms with E-state index in [-0.39, 0.29) is 11.9 Å². The molecule has 5 heteroatoms. The number of benzene rings is 1. The molecule has 0 aliphatic carbocycles. The monoisotopic (exact) mass is 307 g/mol. The van der Waals surface area contributed by atoms with Gasteiger partial charge in [0.05, 0.1) is 31.1 Å². The molecule has 0 radical (unpaired) electrons. The fourth-order valence-electron chi connectivity index (χ4n) is 2.68. The van der Waals surface area contributed by atoms with Crippen molar-refractivity contribution in [1.82, 2.24) is 5.32 Å². The molecule has 1 aromatic rings. The molecule has 0 saturated heterocycles. The zero-order valence-corrected chi connectivity index (χ0v) is 12.5. The van der Waals surface area contributed by atoms with E-state index in [0.717, 1.165) is 37.0 Å². The minimum atomic E-state index is -0.0532. The smallest absolute Gasteiger partial charge is 0.250 e. The lowest BCUT2D eigenvalue weighted by Crippen LogP contribution is -2.30. The number of ether oxygens (including phenoxy) is 2. The molecule has 2 heterocycles. The van der Waals surface area contributed by atoms with Gasteiger partial charge in [-0.2, -0.15) is 0 Å². The number of rotatable bonds is 2.